The van der Waals surface area contributed by atoms with Crippen LogP contribution in [-0.4, -0.2) is 67.9 Å². The molecule has 2 aromatic carbocycles. The predicted octanol–water partition coefficient (Wildman–Crippen LogP) is 4.68. The summed E-state index contributed by atoms with van der Waals surface area (Å²) in [5.74, 6) is 3.36. The maximum Gasteiger partial charge on any atom is 0.227 e. The molecule has 36 heavy (non-hydrogen) atoms. The van der Waals surface area contributed by atoms with Gasteiger partial charge in [0.1, 0.15) is 5.82 Å². The largest absolute Gasteiger partial charge is 0.493 e. The lowest BCUT2D eigenvalue weighted by atomic mass is 9.94. The van der Waals surface area contributed by atoms with Gasteiger partial charge in [-0.15, -0.1) is 0 Å². The average molecular weight is 511 g/mol. The van der Waals surface area contributed by atoms with E-state index in [0.29, 0.717) is 28.5 Å². The molecule has 0 radical (unpaired) electrons. The van der Waals surface area contributed by atoms with Crippen molar-refractivity contribution >= 4 is 40.0 Å². The number of piperidine rings is 2. The molecule has 192 valence electrons. The molecule has 8 nitrogen and oxygen atoms in total. The molecule has 9 heteroatoms. The van der Waals surface area contributed by atoms with Gasteiger partial charge in [-0.3, -0.25) is 4.90 Å². The van der Waals surface area contributed by atoms with Crippen molar-refractivity contribution in [2.24, 2.45) is 11.7 Å². The third-order valence-electron chi connectivity index (χ3n) is 7.44. The number of nitrogens with two attached hydrogens (primary N) is 1. The van der Waals surface area contributed by atoms with E-state index in [9.17, 15) is 0 Å². The molecule has 0 bridgehead atoms. The number of halogens is 1. The molecule has 1 aromatic heterocycles. The number of ether oxygens (including phenoxy) is 2. The highest BCUT2D eigenvalue weighted by atomic mass is 35.5. The van der Waals surface area contributed by atoms with E-state index in [4.69, 9.17) is 36.8 Å². The fourth-order valence-corrected chi connectivity index (χ4v) is 5.53. The van der Waals surface area contributed by atoms with Crippen LogP contribution in [0.15, 0.2) is 36.4 Å². The summed E-state index contributed by atoms with van der Waals surface area (Å²) < 4.78 is 11.1. The van der Waals surface area contributed by atoms with Crippen LogP contribution in [0.2, 0.25) is 5.02 Å². The van der Waals surface area contributed by atoms with Crippen LogP contribution in [0, 0.1) is 5.92 Å². The molecule has 2 saturated heterocycles. The van der Waals surface area contributed by atoms with Crippen molar-refractivity contribution in [3.05, 3.63) is 41.4 Å². The molecule has 0 spiro atoms. The van der Waals surface area contributed by atoms with E-state index in [1.807, 2.05) is 36.4 Å². The maximum absolute atomic E-state index is 6.09. The summed E-state index contributed by atoms with van der Waals surface area (Å²) >= 11 is 6.09. The zero-order valence-corrected chi connectivity index (χ0v) is 21.8. The number of rotatable bonds is 7. The lowest BCUT2D eigenvalue weighted by Crippen LogP contribution is -2.49. The van der Waals surface area contributed by atoms with Gasteiger partial charge in [-0.25, -0.2) is 4.98 Å². The quantitative estimate of drug-likeness (QED) is 0.473. The van der Waals surface area contributed by atoms with Gasteiger partial charge < -0.3 is 25.4 Å². The highest BCUT2D eigenvalue weighted by Crippen LogP contribution is 2.36. The fourth-order valence-electron chi connectivity index (χ4n) is 5.40. The van der Waals surface area contributed by atoms with Crippen molar-refractivity contribution in [2.75, 3.05) is 57.2 Å². The van der Waals surface area contributed by atoms with Crippen molar-refractivity contribution in [1.29, 1.82) is 0 Å². The molecule has 0 aliphatic carbocycles. The summed E-state index contributed by atoms with van der Waals surface area (Å²) in [6.45, 7) is 4.95. The smallest absolute Gasteiger partial charge is 0.227 e. The summed E-state index contributed by atoms with van der Waals surface area (Å²) in [6, 6.07) is 12.0. The molecule has 3 heterocycles. The Labute approximate surface area is 217 Å². The van der Waals surface area contributed by atoms with Gasteiger partial charge in [0.2, 0.25) is 5.95 Å². The topological polar surface area (TPSA) is 88.8 Å². The van der Waals surface area contributed by atoms with Gasteiger partial charge in [-0.1, -0.05) is 11.6 Å². The Hall–Kier alpha value is -2.81. The van der Waals surface area contributed by atoms with Crippen molar-refractivity contribution < 1.29 is 9.47 Å². The van der Waals surface area contributed by atoms with Gasteiger partial charge >= 0.3 is 0 Å². The van der Waals surface area contributed by atoms with E-state index in [-0.39, 0.29) is 0 Å². The van der Waals surface area contributed by atoms with Crippen LogP contribution in [-0.2, 0) is 0 Å². The van der Waals surface area contributed by atoms with Crippen molar-refractivity contribution in [1.82, 2.24) is 14.9 Å². The maximum atomic E-state index is 6.09. The first kappa shape index (κ1) is 24.9. The van der Waals surface area contributed by atoms with Gasteiger partial charge in [0, 0.05) is 47.8 Å². The van der Waals surface area contributed by atoms with E-state index in [2.05, 4.69) is 15.1 Å². The minimum Gasteiger partial charge on any atom is -0.493 e. The van der Waals surface area contributed by atoms with Crippen molar-refractivity contribution in [3.8, 4) is 11.5 Å². The Balaban J connectivity index is 1.42. The molecule has 0 amide bonds. The number of benzene rings is 2. The highest BCUT2D eigenvalue weighted by Gasteiger charge is 2.29. The van der Waals surface area contributed by atoms with E-state index >= 15 is 0 Å². The first-order valence-corrected chi connectivity index (χ1v) is 13.1. The Morgan fingerprint density at radius 1 is 1.00 bits per heavy atom. The van der Waals surface area contributed by atoms with Gasteiger partial charge in [0.15, 0.2) is 11.5 Å². The first-order chi connectivity index (χ1) is 17.6. The number of anilines is 3. The number of fused-ring (bicyclic) bond motifs is 1. The van der Waals surface area contributed by atoms with Crippen LogP contribution in [0.4, 0.5) is 17.5 Å². The molecule has 1 atom stereocenters. The van der Waals surface area contributed by atoms with Crippen LogP contribution >= 0.6 is 11.6 Å². The second-order valence-electron chi connectivity index (χ2n) is 9.69. The van der Waals surface area contributed by atoms with Crippen LogP contribution in [0.3, 0.4) is 0 Å². The Bertz CT molecular complexity index is 1180. The SMILES string of the molecule is COc1cc2nc(N3CCC(N4CCCC(CN)C4)CC3)nc(Nc3ccc(Cl)cc3)c2cc1OC. The summed E-state index contributed by atoms with van der Waals surface area (Å²) in [6.07, 6.45) is 4.71. The number of methoxy groups -OCH3 is 2. The minimum atomic E-state index is 0.604. The van der Waals surface area contributed by atoms with E-state index in [0.717, 1.165) is 67.4 Å². The normalized spacial score (nSPS) is 19.4. The molecule has 5 rings (SSSR count). The first-order valence-electron chi connectivity index (χ1n) is 12.7. The monoisotopic (exact) mass is 510 g/mol. The molecule has 2 aliphatic rings. The Morgan fingerprint density at radius 2 is 1.72 bits per heavy atom. The van der Waals surface area contributed by atoms with E-state index < -0.39 is 0 Å². The Kier molecular flexibility index (Phi) is 7.65. The molecule has 2 aliphatic heterocycles. The van der Waals surface area contributed by atoms with E-state index in [1.54, 1.807) is 14.2 Å². The lowest BCUT2D eigenvalue weighted by molar-refractivity contribution is 0.109. The zero-order chi connectivity index (χ0) is 25.1. The third-order valence-corrected chi connectivity index (χ3v) is 7.70. The van der Waals surface area contributed by atoms with Gasteiger partial charge in [0.25, 0.3) is 0 Å². The van der Waals surface area contributed by atoms with Crippen LogP contribution in [0.5, 0.6) is 11.5 Å². The number of nitrogens with one attached hydrogen (secondary N) is 1. The number of hydrogen-bond acceptors (Lipinski definition) is 8. The summed E-state index contributed by atoms with van der Waals surface area (Å²) in [5, 5.41) is 5.01. The van der Waals surface area contributed by atoms with Crippen LogP contribution < -0.4 is 25.4 Å². The van der Waals surface area contributed by atoms with Crippen LogP contribution in [0.25, 0.3) is 10.9 Å². The van der Waals surface area contributed by atoms with Crippen molar-refractivity contribution in [3.63, 3.8) is 0 Å². The second kappa shape index (κ2) is 11.1. The average Bonchev–Trinajstić information content (AvgIpc) is 2.93. The predicted molar refractivity (Wildman–Crippen MR) is 146 cm³/mol. The number of aromatic nitrogens is 2. The van der Waals surface area contributed by atoms with E-state index in [1.165, 1.54) is 19.4 Å². The number of nitrogens with zero attached hydrogens (tertiary/aromatic N) is 4. The molecule has 3 aromatic rings. The molecule has 0 saturated carbocycles. The summed E-state index contributed by atoms with van der Waals surface area (Å²) in [4.78, 5) is 14.9. The van der Waals surface area contributed by atoms with Crippen molar-refractivity contribution in [2.45, 2.75) is 31.7 Å². The molecular weight excluding hydrogens is 476 g/mol. The summed E-state index contributed by atoms with van der Waals surface area (Å²) in [7, 11) is 3.27. The van der Waals surface area contributed by atoms with Gasteiger partial charge in [0.05, 0.1) is 19.7 Å². The molecule has 1 unspecified atom stereocenters. The van der Waals surface area contributed by atoms with Gasteiger partial charge in [-0.05, 0) is 75.0 Å². The Morgan fingerprint density at radius 3 is 2.42 bits per heavy atom. The zero-order valence-electron chi connectivity index (χ0n) is 21.0. The third kappa shape index (κ3) is 5.31. The minimum absolute atomic E-state index is 0.604. The lowest BCUT2D eigenvalue weighted by Gasteiger charge is -2.42. The summed E-state index contributed by atoms with van der Waals surface area (Å²) in [5.41, 5.74) is 7.68. The molecule has 3 N–H and O–H groups in total. The van der Waals surface area contributed by atoms with Crippen LogP contribution in [0.1, 0.15) is 25.7 Å². The van der Waals surface area contributed by atoms with Gasteiger partial charge in [-0.2, -0.15) is 4.98 Å². The second-order valence-corrected chi connectivity index (χ2v) is 10.1. The number of hydrogen-bond donors (Lipinski definition) is 2. The highest BCUT2D eigenvalue weighted by molar-refractivity contribution is 6.30. The standard InChI is InChI=1S/C27H35ClN6O2/c1-35-24-14-22-23(15-25(24)36-2)31-27(32-26(22)30-20-7-5-19(28)6-8-20)33-12-9-21(10-13-33)34-11-3-4-18(16-29)17-34/h5-8,14-15,18,21H,3-4,9-13,16-17,29H2,1-2H3,(H,30,31,32). The fraction of sp³-hybridized carbons (Fsp3) is 0.481. The number of likely N-dealkylation sites (tertiary alicyclic amines) is 1. The molecular formula is C27H35ClN6O2. The molecule has 2 fully saturated rings.